The molecule has 0 amide bonds. The van der Waals surface area contributed by atoms with Crippen LogP contribution < -0.4 is 4.72 Å². The molecule has 1 N–H and O–H groups in total. The van der Waals surface area contributed by atoms with E-state index in [4.69, 9.17) is 4.52 Å². The standard InChI is InChI=1S/C13H15BrN2O3S/c1-13(2,3)11-10(14)12(15-19-11)16-20(17,18)9-7-5-4-6-8-9/h4-8H,1-3H3,(H,15,16). The van der Waals surface area contributed by atoms with Gasteiger partial charge in [0.2, 0.25) is 0 Å². The zero-order valence-electron chi connectivity index (χ0n) is 11.3. The van der Waals surface area contributed by atoms with Crippen molar-refractivity contribution in [1.29, 1.82) is 0 Å². The molecule has 1 aromatic heterocycles. The Kier molecular flexibility index (Phi) is 3.93. The number of benzene rings is 1. The highest BCUT2D eigenvalue weighted by Crippen LogP contribution is 2.35. The van der Waals surface area contributed by atoms with Crippen molar-refractivity contribution in [3.05, 3.63) is 40.6 Å². The Morgan fingerprint density at radius 3 is 2.30 bits per heavy atom. The third-order valence-corrected chi connectivity index (χ3v) is 4.69. The van der Waals surface area contributed by atoms with Crippen LogP contribution in [0.2, 0.25) is 0 Å². The van der Waals surface area contributed by atoms with Crippen molar-refractivity contribution < 1.29 is 12.9 Å². The molecule has 2 aromatic rings. The Morgan fingerprint density at radius 1 is 1.20 bits per heavy atom. The monoisotopic (exact) mass is 358 g/mol. The number of anilines is 1. The highest BCUT2D eigenvalue weighted by molar-refractivity contribution is 9.10. The summed E-state index contributed by atoms with van der Waals surface area (Å²) in [5, 5.41) is 3.78. The van der Waals surface area contributed by atoms with E-state index >= 15 is 0 Å². The second-order valence-electron chi connectivity index (χ2n) is 5.34. The maximum Gasteiger partial charge on any atom is 0.263 e. The van der Waals surface area contributed by atoms with Gasteiger partial charge >= 0.3 is 0 Å². The summed E-state index contributed by atoms with van der Waals surface area (Å²) in [4.78, 5) is 0.173. The molecule has 0 unspecified atom stereocenters. The van der Waals surface area contributed by atoms with Gasteiger partial charge in [0.25, 0.3) is 10.0 Å². The summed E-state index contributed by atoms with van der Waals surface area (Å²) in [5.41, 5.74) is -0.276. The van der Waals surface area contributed by atoms with Gasteiger partial charge in [-0.2, -0.15) is 0 Å². The summed E-state index contributed by atoms with van der Waals surface area (Å²) >= 11 is 3.33. The van der Waals surface area contributed by atoms with E-state index in [2.05, 4.69) is 25.8 Å². The van der Waals surface area contributed by atoms with Gasteiger partial charge in [-0.3, -0.25) is 4.72 Å². The van der Waals surface area contributed by atoms with Crippen molar-refractivity contribution in [3.63, 3.8) is 0 Å². The third-order valence-electron chi connectivity index (χ3n) is 2.60. The maximum atomic E-state index is 12.2. The average molecular weight is 359 g/mol. The van der Waals surface area contributed by atoms with Crippen LogP contribution in [0.3, 0.4) is 0 Å². The molecule has 0 saturated heterocycles. The lowest BCUT2D eigenvalue weighted by molar-refractivity contribution is 0.329. The fourth-order valence-electron chi connectivity index (χ4n) is 1.59. The van der Waals surface area contributed by atoms with Gasteiger partial charge in [0.05, 0.1) is 4.90 Å². The van der Waals surface area contributed by atoms with Gasteiger partial charge < -0.3 is 4.52 Å². The van der Waals surface area contributed by atoms with Gasteiger partial charge in [0.15, 0.2) is 11.6 Å². The molecule has 20 heavy (non-hydrogen) atoms. The number of hydrogen-bond acceptors (Lipinski definition) is 4. The van der Waals surface area contributed by atoms with Gasteiger partial charge in [-0.05, 0) is 28.1 Å². The SMILES string of the molecule is CC(C)(C)c1onc(NS(=O)(=O)c2ccccc2)c1Br. The minimum atomic E-state index is -3.67. The maximum absolute atomic E-state index is 12.2. The lowest BCUT2D eigenvalue weighted by Gasteiger charge is -2.13. The molecule has 108 valence electrons. The van der Waals surface area contributed by atoms with E-state index in [1.807, 2.05) is 20.8 Å². The van der Waals surface area contributed by atoms with E-state index in [0.717, 1.165) is 0 Å². The molecule has 5 nitrogen and oxygen atoms in total. The van der Waals surface area contributed by atoms with Crippen molar-refractivity contribution in [2.45, 2.75) is 31.1 Å². The number of halogens is 1. The molecule has 2 rings (SSSR count). The van der Waals surface area contributed by atoms with Crippen LogP contribution in [0, 0.1) is 0 Å². The normalized spacial score (nSPS) is 12.4. The fourth-order valence-corrected chi connectivity index (χ4v) is 3.59. The zero-order valence-corrected chi connectivity index (χ0v) is 13.7. The van der Waals surface area contributed by atoms with Crippen LogP contribution in [0.25, 0.3) is 0 Å². The summed E-state index contributed by atoms with van der Waals surface area (Å²) in [6.07, 6.45) is 0. The lowest BCUT2D eigenvalue weighted by Crippen LogP contribution is -2.14. The molecule has 1 heterocycles. The molecule has 0 atom stereocenters. The van der Waals surface area contributed by atoms with Gasteiger partial charge in [-0.25, -0.2) is 8.42 Å². The molecule has 0 aliphatic heterocycles. The highest BCUT2D eigenvalue weighted by Gasteiger charge is 2.27. The Bertz CT molecular complexity index is 703. The second kappa shape index (κ2) is 5.21. The van der Waals surface area contributed by atoms with Crippen molar-refractivity contribution in [2.24, 2.45) is 0 Å². The van der Waals surface area contributed by atoms with Crippen molar-refractivity contribution in [2.75, 3.05) is 4.72 Å². The van der Waals surface area contributed by atoms with Crippen LogP contribution in [0.1, 0.15) is 26.5 Å². The topological polar surface area (TPSA) is 72.2 Å². The van der Waals surface area contributed by atoms with E-state index in [-0.39, 0.29) is 16.1 Å². The quantitative estimate of drug-likeness (QED) is 0.910. The number of nitrogens with zero attached hydrogens (tertiary/aromatic N) is 1. The molecule has 0 spiro atoms. The number of hydrogen-bond donors (Lipinski definition) is 1. The summed E-state index contributed by atoms with van der Waals surface area (Å²) in [5.74, 6) is 0.738. The number of sulfonamides is 1. The Labute approximate surface area is 126 Å². The van der Waals surface area contributed by atoms with E-state index in [1.165, 1.54) is 12.1 Å². The first kappa shape index (κ1) is 15.1. The molecule has 0 aliphatic carbocycles. The smallest absolute Gasteiger partial charge is 0.263 e. The zero-order chi connectivity index (χ0) is 15.0. The predicted octanol–water partition coefficient (Wildman–Crippen LogP) is 3.54. The Morgan fingerprint density at radius 2 is 1.80 bits per heavy atom. The first-order valence-corrected chi connectivity index (χ1v) is 8.23. The lowest BCUT2D eigenvalue weighted by atomic mass is 9.93. The summed E-state index contributed by atoms with van der Waals surface area (Å²) < 4.78 is 32.5. The molecule has 0 fully saturated rings. The Balaban J connectivity index is 2.34. The van der Waals surface area contributed by atoms with Crippen molar-refractivity contribution >= 4 is 31.8 Å². The number of aromatic nitrogens is 1. The van der Waals surface area contributed by atoms with Crippen molar-refractivity contribution in [3.8, 4) is 0 Å². The molecule has 0 saturated carbocycles. The van der Waals surface area contributed by atoms with E-state index < -0.39 is 10.0 Å². The van der Waals surface area contributed by atoms with Gasteiger partial charge in [0, 0.05) is 5.41 Å². The first-order chi connectivity index (χ1) is 9.22. The molecule has 0 bridgehead atoms. The van der Waals surface area contributed by atoms with Crippen LogP contribution in [0.4, 0.5) is 5.82 Å². The van der Waals surface area contributed by atoms with Crippen LogP contribution in [0.15, 0.2) is 44.2 Å². The minimum absolute atomic E-state index is 0.152. The minimum Gasteiger partial charge on any atom is -0.357 e. The van der Waals surface area contributed by atoms with E-state index in [0.29, 0.717) is 10.2 Å². The largest absolute Gasteiger partial charge is 0.357 e. The fraction of sp³-hybridized carbons (Fsp3) is 0.308. The van der Waals surface area contributed by atoms with Crippen LogP contribution in [-0.4, -0.2) is 13.6 Å². The second-order valence-corrected chi connectivity index (χ2v) is 7.82. The molecule has 1 aromatic carbocycles. The van der Waals surface area contributed by atoms with Crippen molar-refractivity contribution in [1.82, 2.24) is 5.16 Å². The van der Waals surface area contributed by atoms with Crippen LogP contribution >= 0.6 is 15.9 Å². The number of rotatable bonds is 3. The summed E-state index contributed by atoms with van der Waals surface area (Å²) in [6.45, 7) is 5.86. The molecule has 0 aliphatic rings. The number of nitrogens with one attached hydrogen (secondary N) is 1. The predicted molar refractivity (Wildman–Crippen MR) is 80.2 cm³/mol. The van der Waals surface area contributed by atoms with Gasteiger partial charge in [0.1, 0.15) is 4.47 Å². The van der Waals surface area contributed by atoms with Crippen LogP contribution in [-0.2, 0) is 15.4 Å². The van der Waals surface area contributed by atoms with E-state index in [9.17, 15) is 8.42 Å². The van der Waals surface area contributed by atoms with E-state index in [1.54, 1.807) is 18.2 Å². The molecule has 0 radical (unpaired) electrons. The summed E-state index contributed by atoms with van der Waals surface area (Å²) in [6, 6.07) is 8.10. The average Bonchev–Trinajstić information content (AvgIpc) is 2.71. The summed E-state index contributed by atoms with van der Waals surface area (Å²) in [7, 11) is -3.67. The van der Waals surface area contributed by atoms with Gasteiger partial charge in [-0.1, -0.05) is 44.1 Å². The third kappa shape index (κ3) is 3.04. The van der Waals surface area contributed by atoms with Gasteiger partial charge in [-0.15, -0.1) is 0 Å². The van der Waals surface area contributed by atoms with Crippen LogP contribution in [0.5, 0.6) is 0 Å². The molecule has 7 heteroatoms. The molecular weight excluding hydrogens is 344 g/mol. The Hall–Kier alpha value is -1.34. The highest BCUT2D eigenvalue weighted by atomic mass is 79.9. The first-order valence-electron chi connectivity index (χ1n) is 5.95. The molecular formula is C13H15BrN2O3S.